The molecule has 0 spiro atoms. The van der Waals surface area contributed by atoms with Gasteiger partial charge in [0.25, 0.3) is 10.0 Å². The van der Waals surface area contributed by atoms with Crippen molar-refractivity contribution < 1.29 is 22.7 Å². The molecule has 160 valence electrons. The zero-order valence-corrected chi connectivity index (χ0v) is 17.6. The number of aromatic nitrogens is 2. The first-order valence-corrected chi connectivity index (χ1v) is 11.3. The number of nitrogens with zero attached hydrogens (tertiary/aromatic N) is 3. The fourth-order valence-corrected chi connectivity index (χ4v) is 5.67. The molecule has 1 saturated heterocycles. The Kier molecular flexibility index (Phi) is 4.62. The van der Waals surface area contributed by atoms with E-state index in [0.717, 1.165) is 16.8 Å². The summed E-state index contributed by atoms with van der Waals surface area (Å²) < 4.78 is 38.7. The Labute approximate surface area is 179 Å². The van der Waals surface area contributed by atoms with Gasteiger partial charge >= 0.3 is 0 Å². The van der Waals surface area contributed by atoms with Crippen LogP contribution in [0.4, 0.5) is 5.69 Å². The molecule has 8 nitrogen and oxygen atoms in total. The molecule has 9 heteroatoms. The van der Waals surface area contributed by atoms with Crippen LogP contribution < -0.4 is 9.64 Å². The van der Waals surface area contributed by atoms with Gasteiger partial charge in [-0.15, -0.1) is 0 Å². The molecule has 0 aliphatic carbocycles. The number of ether oxygens (including phenoxy) is 1. The second-order valence-electron chi connectivity index (χ2n) is 7.36. The third-order valence-corrected chi connectivity index (χ3v) is 7.37. The van der Waals surface area contributed by atoms with E-state index < -0.39 is 10.0 Å². The highest BCUT2D eigenvalue weighted by Gasteiger charge is 2.36. The molecule has 2 aromatic carbocycles. The topological polar surface area (TPSA) is 97.8 Å². The molecule has 5 rings (SSSR count). The third-order valence-electron chi connectivity index (χ3n) is 5.66. The molecule has 1 fully saturated rings. The Morgan fingerprint density at radius 1 is 1.16 bits per heavy atom. The summed E-state index contributed by atoms with van der Waals surface area (Å²) in [6, 6.07) is 13.0. The Morgan fingerprint density at radius 3 is 2.65 bits per heavy atom. The number of rotatable bonds is 5. The molecule has 0 saturated carbocycles. The van der Waals surface area contributed by atoms with Crippen LogP contribution >= 0.6 is 0 Å². The van der Waals surface area contributed by atoms with E-state index in [9.17, 15) is 13.5 Å². The predicted octanol–water partition coefficient (Wildman–Crippen LogP) is 3.92. The lowest BCUT2D eigenvalue weighted by Crippen LogP contribution is -2.23. The van der Waals surface area contributed by atoms with E-state index in [-0.39, 0.29) is 16.8 Å². The van der Waals surface area contributed by atoms with Crippen LogP contribution in [0, 0.1) is 0 Å². The van der Waals surface area contributed by atoms with Gasteiger partial charge in [0.1, 0.15) is 23.7 Å². The van der Waals surface area contributed by atoms with Gasteiger partial charge in [0, 0.05) is 11.9 Å². The average Bonchev–Trinajstić information content (AvgIpc) is 3.51. The van der Waals surface area contributed by atoms with Crippen molar-refractivity contribution in [3.8, 4) is 11.6 Å². The molecule has 31 heavy (non-hydrogen) atoms. The Balaban J connectivity index is 1.70. The van der Waals surface area contributed by atoms with E-state index in [2.05, 4.69) is 4.98 Å². The molecule has 3 heterocycles. The minimum Gasteiger partial charge on any atom is -0.497 e. The lowest BCUT2D eigenvalue weighted by molar-refractivity contribution is 0.414. The number of benzene rings is 2. The van der Waals surface area contributed by atoms with Crippen molar-refractivity contribution in [2.75, 3.05) is 18.6 Å². The zero-order chi connectivity index (χ0) is 21.6. The third kappa shape index (κ3) is 3.04. The first-order valence-electron chi connectivity index (χ1n) is 9.90. The van der Waals surface area contributed by atoms with Crippen molar-refractivity contribution in [3.63, 3.8) is 0 Å². The second-order valence-corrected chi connectivity index (χ2v) is 9.14. The van der Waals surface area contributed by atoms with E-state index in [0.29, 0.717) is 34.8 Å². The van der Waals surface area contributed by atoms with Gasteiger partial charge in [0.05, 0.1) is 23.7 Å². The van der Waals surface area contributed by atoms with E-state index >= 15 is 0 Å². The van der Waals surface area contributed by atoms with Gasteiger partial charge in [0.2, 0.25) is 11.8 Å². The fourth-order valence-electron chi connectivity index (χ4n) is 4.25. The summed E-state index contributed by atoms with van der Waals surface area (Å²) in [7, 11) is -2.54. The molecule has 1 aliphatic rings. The fraction of sp³-hybridized carbons (Fsp3) is 0.227. The van der Waals surface area contributed by atoms with Crippen LogP contribution in [0.15, 0.2) is 70.3 Å². The van der Waals surface area contributed by atoms with Gasteiger partial charge in [-0.3, -0.25) is 0 Å². The molecule has 0 radical (unpaired) electrons. The minimum atomic E-state index is -4.06. The van der Waals surface area contributed by atoms with Crippen LogP contribution in [0.3, 0.4) is 0 Å². The SMILES string of the molecule is COc1ccc(S(=O)(=O)n2c(O)c(N3CCC[C@H]3c3ncco3)c3ccccc32)cc1. The van der Waals surface area contributed by atoms with E-state index in [1.807, 2.05) is 17.0 Å². The van der Waals surface area contributed by atoms with Crippen LogP contribution in [0.5, 0.6) is 11.6 Å². The summed E-state index contributed by atoms with van der Waals surface area (Å²) in [6.45, 7) is 0.650. The molecule has 1 N–H and O–H groups in total. The van der Waals surface area contributed by atoms with Gasteiger partial charge in [-0.2, -0.15) is 0 Å². The number of hydrogen-bond acceptors (Lipinski definition) is 7. The minimum absolute atomic E-state index is 0.0570. The van der Waals surface area contributed by atoms with Crippen molar-refractivity contribution in [2.24, 2.45) is 0 Å². The molecule has 0 bridgehead atoms. The second kappa shape index (κ2) is 7.35. The number of hydrogen-bond donors (Lipinski definition) is 1. The highest BCUT2D eigenvalue weighted by molar-refractivity contribution is 7.90. The van der Waals surface area contributed by atoms with Crippen molar-refractivity contribution in [2.45, 2.75) is 23.8 Å². The predicted molar refractivity (Wildman–Crippen MR) is 115 cm³/mol. The van der Waals surface area contributed by atoms with Crippen molar-refractivity contribution in [1.82, 2.24) is 8.96 Å². The quantitative estimate of drug-likeness (QED) is 0.503. The monoisotopic (exact) mass is 439 g/mol. The molecule has 4 aromatic rings. The maximum atomic E-state index is 13.5. The van der Waals surface area contributed by atoms with Gasteiger partial charge in [-0.05, 0) is 43.2 Å². The van der Waals surface area contributed by atoms with Crippen LogP contribution in [0.25, 0.3) is 10.9 Å². The lowest BCUT2D eigenvalue weighted by Gasteiger charge is -2.24. The molecular weight excluding hydrogens is 418 g/mol. The summed E-state index contributed by atoms with van der Waals surface area (Å²) in [4.78, 5) is 6.31. The number of methoxy groups -OCH3 is 1. The number of anilines is 1. The number of fused-ring (bicyclic) bond motifs is 1. The Bertz CT molecular complexity index is 1330. The maximum Gasteiger partial charge on any atom is 0.271 e. The smallest absolute Gasteiger partial charge is 0.271 e. The maximum absolute atomic E-state index is 13.5. The van der Waals surface area contributed by atoms with Crippen molar-refractivity contribution in [1.29, 1.82) is 0 Å². The summed E-state index contributed by atoms with van der Waals surface area (Å²) in [6.07, 6.45) is 4.77. The first-order chi connectivity index (χ1) is 15.0. The number of aromatic hydroxyl groups is 1. The van der Waals surface area contributed by atoms with E-state index in [1.54, 1.807) is 30.5 Å². The van der Waals surface area contributed by atoms with Crippen molar-refractivity contribution in [3.05, 3.63) is 66.9 Å². The summed E-state index contributed by atoms with van der Waals surface area (Å²) in [5.41, 5.74) is 0.872. The lowest BCUT2D eigenvalue weighted by atomic mass is 10.2. The molecule has 1 atom stereocenters. The summed E-state index contributed by atoms with van der Waals surface area (Å²) in [5, 5.41) is 11.9. The van der Waals surface area contributed by atoms with Gasteiger partial charge < -0.3 is 19.2 Å². The number of oxazole rings is 1. The van der Waals surface area contributed by atoms with Crippen LogP contribution in [0.2, 0.25) is 0 Å². The molecule has 0 amide bonds. The highest BCUT2D eigenvalue weighted by atomic mass is 32.2. The Morgan fingerprint density at radius 2 is 1.94 bits per heavy atom. The van der Waals surface area contributed by atoms with Gasteiger partial charge in [-0.25, -0.2) is 17.4 Å². The summed E-state index contributed by atoms with van der Waals surface area (Å²) >= 11 is 0. The van der Waals surface area contributed by atoms with Crippen LogP contribution in [-0.2, 0) is 10.0 Å². The Hall–Kier alpha value is -3.46. The normalized spacial score (nSPS) is 16.8. The van der Waals surface area contributed by atoms with Crippen LogP contribution in [0.1, 0.15) is 24.8 Å². The molecule has 0 unspecified atom stereocenters. The van der Waals surface area contributed by atoms with Gasteiger partial charge in [-0.1, -0.05) is 18.2 Å². The summed E-state index contributed by atoms with van der Waals surface area (Å²) in [5.74, 6) is 0.772. The molecule has 2 aromatic heterocycles. The van der Waals surface area contributed by atoms with Crippen LogP contribution in [-0.4, -0.2) is 36.1 Å². The van der Waals surface area contributed by atoms with Gasteiger partial charge in [0.15, 0.2) is 0 Å². The average molecular weight is 439 g/mol. The largest absolute Gasteiger partial charge is 0.497 e. The van der Waals surface area contributed by atoms with Crippen molar-refractivity contribution >= 4 is 26.6 Å². The van der Waals surface area contributed by atoms with E-state index in [1.165, 1.54) is 25.5 Å². The molecular formula is C22H21N3O5S. The zero-order valence-electron chi connectivity index (χ0n) is 16.8. The highest BCUT2D eigenvalue weighted by Crippen LogP contribution is 2.46. The molecule has 1 aliphatic heterocycles. The number of para-hydroxylation sites is 1. The van der Waals surface area contributed by atoms with E-state index in [4.69, 9.17) is 9.15 Å². The first kappa shape index (κ1) is 19.5. The standard InChI is InChI=1S/C22H21N3O5S/c1-29-15-8-10-16(11-9-15)31(27,28)25-18-6-3-2-5-17(18)20(22(25)26)24-13-4-7-19(24)21-23-12-14-30-21/h2-3,5-6,8-12,14,19,26H,4,7,13H2,1H3/t19-/m0/s1.